The Hall–Kier alpha value is -2.30. The lowest BCUT2D eigenvalue weighted by Crippen LogP contribution is -2.52. The zero-order valence-corrected chi connectivity index (χ0v) is 16.3. The fraction of sp³-hybridized carbons (Fsp3) is 0.471. The van der Waals surface area contributed by atoms with Gasteiger partial charge in [0, 0.05) is 33.2 Å². The number of imide groups is 2. The second-order valence-corrected chi connectivity index (χ2v) is 8.73. The van der Waals surface area contributed by atoms with Gasteiger partial charge in [-0.25, -0.2) is 18.1 Å². The van der Waals surface area contributed by atoms with Crippen LogP contribution in [0.15, 0.2) is 23.1 Å². The minimum absolute atomic E-state index is 0.0225. The molecule has 0 aliphatic carbocycles. The lowest BCUT2D eigenvalue weighted by Gasteiger charge is -2.35. The number of hydrogen-bond acceptors (Lipinski definition) is 6. The molecule has 27 heavy (non-hydrogen) atoms. The van der Waals surface area contributed by atoms with Crippen LogP contribution in [0, 0.1) is 13.8 Å². The van der Waals surface area contributed by atoms with Gasteiger partial charge in [0.25, 0.3) is 0 Å². The number of carbonyl (C=O) groups is 3. The number of piperazine rings is 1. The highest BCUT2D eigenvalue weighted by Crippen LogP contribution is 2.21. The summed E-state index contributed by atoms with van der Waals surface area (Å²) in [5.74, 6) is -1.70. The minimum Gasteiger partial charge on any atom is -0.283 e. The minimum atomic E-state index is -3.59. The number of aryl methyl sites for hydroxylation is 2. The van der Waals surface area contributed by atoms with E-state index in [1.807, 2.05) is 13.8 Å². The summed E-state index contributed by atoms with van der Waals surface area (Å²) in [6.45, 7) is 4.98. The summed E-state index contributed by atoms with van der Waals surface area (Å²) in [6.07, 6.45) is 0. The summed E-state index contributed by atoms with van der Waals surface area (Å²) in [7, 11) is -2.33. The van der Waals surface area contributed by atoms with E-state index in [1.165, 1.54) is 11.4 Å². The van der Waals surface area contributed by atoms with Crippen molar-refractivity contribution in [3.05, 3.63) is 29.3 Å². The van der Waals surface area contributed by atoms with Gasteiger partial charge in [0.2, 0.25) is 10.0 Å². The van der Waals surface area contributed by atoms with Crippen LogP contribution in [-0.4, -0.2) is 85.2 Å². The summed E-state index contributed by atoms with van der Waals surface area (Å²) in [4.78, 5) is 39.1. The molecule has 10 heteroatoms. The number of benzene rings is 1. The molecule has 0 atom stereocenters. The topological polar surface area (TPSA) is 98.3 Å². The summed E-state index contributed by atoms with van der Waals surface area (Å²) in [6, 6.07) is 4.40. The van der Waals surface area contributed by atoms with Gasteiger partial charge in [0.1, 0.15) is 0 Å². The quantitative estimate of drug-likeness (QED) is 0.526. The SMILES string of the molecule is Cc1ccc(S(=O)(=O)N2CCN(CN3C(=O)C(=O)N(C)C3=O)CC2)cc1C. The van der Waals surface area contributed by atoms with Crippen LogP contribution in [0.3, 0.4) is 0 Å². The number of hydrogen-bond donors (Lipinski definition) is 0. The molecule has 1 aromatic carbocycles. The summed E-state index contributed by atoms with van der Waals surface area (Å²) < 4.78 is 27.1. The van der Waals surface area contributed by atoms with Gasteiger partial charge in [-0.3, -0.25) is 19.4 Å². The van der Waals surface area contributed by atoms with E-state index >= 15 is 0 Å². The molecule has 9 nitrogen and oxygen atoms in total. The van der Waals surface area contributed by atoms with E-state index in [2.05, 4.69) is 0 Å². The molecule has 0 aromatic heterocycles. The molecule has 0 saturated carbocycles. The number of rotatable bonds is 4. The standard InChI is InChI=1S/C17H22N4O5S/c1-12-4-5-14(10-13(12)2)27(25,26)20-8-6-19(7-9-20)11-21-16(23)15(22)18(3)17(21)24/h4-5,10H,6-9,11H2,1-3H3. The van der Waals surface area contributed by atoms with Gasteiger partial charge in [-0.05, 0) is 37.1 Å². The van der Waals surface area contributed by atoms with E-state index in [4.69, 9.17) is 0 Å². The molecule has 2 fully saturated rings. The summed E-state index contributed by atoms with van der Waals surface area (Å²) in [5.41, 5.74) is 1.94. The van der Waals surface area contributed by atoms with Crippen LogP contribution in [0.25, 0.3) is 0 Å². The van der Waals surface area contributed by atoms with Crippen LogP contribution in [0.2, 0.25) is 0 Å². The first-order valence-corrected chi connectivity index (χ1v) is 10.00. The number of sulfonamides is 1. The molecular formula is C17H22N4O5S. The first-order chi connectivity index (χ1) is 12.6. The Morgan fingerprint density at radius 3 is 2.07 bits per heavy atom. The molecule has 2 heterocycles. The van der Waals surface area contributed by atoms with Crippen LogP contribution in [0.4, 0.5) is 4.79 Å². The van der Waals surface area contributed by atoms with Gasteiger partial charge in [-0.2, -0.15) is 4.31 Å². The first kappa shape index (κ1) is 19.5. The van der Waals surface area contributed by atoms with Gasteiger partial charge in [0.05, 0.1) is 11.6 Å². The molecule has 4 amide bonds. The molecule has 3 rings (SSSR count). The zero-order chi connectivity index (χ0) is 19.9. The Kier molecular flexibility index (Phi) is 5.06. The van der Waals surface area contributed by atoms with Gasteiger partial charge >= 0.3 is 17.8 Å². The van der Waals surface area contributed by atoms with Crippen molar-refractivity contribution in [1.82, 2.24) is 19.0 Å². The predicted molar refractivity (Wildman–Crippen MR) is 96.1 cm³/mol. The molecule has 2 aliphatic rings. The van der Waals surface area contributed by atoms with Crippen molar-refractivity contribution in [3.63, 3.8) is 0 Å². The first-order valence-electron chi connectivity index (χ1n) is 8.56. The van der Waals surface area contributed by atoms with Crippen LogP contribution in [0.1, 0.15) is 11.1 Å². The van der Waals surface area contributed by atoms with Crippen LogP contribution in [-0.2, 0) is 19.6 Å². The molecule has 0 bridgehead atoms. The third-order valence-corrected chi connectivity index (χ3v) is 6.93. The molecule has 2 aliphatic heterocycles. The van der Waals surface area contributed by atoms with Crippen molar-refractivity contribution in [3.8, 4) is 0 Å². The Bertz CT molecular complexity index is 906. The number of nitrogens with zero attached hydrogens (tertiary/aromatic N) is 4. The molecule has 146 valence electrons. The number of urea groups is 1. The van der Waals surface area contributed by atoms with Crippen LogP contribution >= 0.6 is 0 Å². The average Bonchev–Trinajstić information content (AvgIpc) is 2.82. The van der Waals surface area contributed by atoms with E-state index in [-0.39, 0.29) is 24.7 Å². The van der Waals surface area contributed by atoms with Crippen LogP contribution < -0.4 is 0 Å². The smallest absolute Gasteiger partial charge is 0.283 e. The summed E-state index contributed by atoms with van der Waals surface area (Å²) in [5, 5.41) is 0. The van der Waals surface area contributed by atoms with E-state index in [1.54, 1.807) is 23.1 Å². The molecular weight excluding hydrogens is 372 g/mol. The lowest BCUT2D eigenvalue weighted by molar-refractivity contribution is -0.143. The highest BCUT2D eigenvalue weighted by Gasteiger charge is 2.43. The maximum absolute atomic E-state index is 12.8. The zero-order valence-electron chi connectivity index (χ0n) is 15.5. The van der Waals surface area contributed by atoms with Crippen molar-refractivity contribution >= 4 is 27.9 Å². The molecule has 1 aromatic rings. The number of likely N-dealkylation sites (N-methyl/N-ethyl adjacent to an activating group) is 1. The van der Waals surface area contributed by atoms with Gasteiger partial charge in [-0.15, -0.1) is 0 Å². The Labute approximate surface area is 158 Å². The molecule has 0 unspecified atom stereocenters. The number of carbonyl (C=O) groups excluding carboxylic acids is 3. The van der Waals surface area contributed by atoms with E-state index in [9.17, 15) is 22.8 Å². The van der Waals surface area contributed by atoms with E-state index < -0.39 is 27.9 Å². The molecule has 2 saturated heterocycles. The van der Waals surface area contributed by atoms with E-state index in [0.717, 1.165) is 20.9 Å². The maximum Gasteiger partial charge on any atom is 0.335 e. The Morgan fingerprint density at radius 1 is 0.926 bits per heavy atom. The van der Waals surface area contributed by atoms with E-state index in [0.29, 0.717) is 13.1 Å². The summed E-state index contributed by atoms with van der Waals surface area (Å²) >= 11 is 0. The van der Waals surface area contributed by atoms with Gasteiger partial charge < -0.3 is 0 Å². The molecule has 0 spiro atoms. The fourth-order valence-electron chi connectivity index (χ4n) is 3.07. The largest absolute Gasteiger partial charge is 0.335 e. The van der Waals surface area contributed by atoms with Crippen LogP contribution in [0.5, 0.6) is 0 Å². The number of amides is 4. The maximum atomic E-state index is 12.8. The van der Waals surface area contributed by atoms with Crippen molar-refractivity contribution in [2.24, 2.45) is 0 Å². The van der Waals surface area contributed by atoms with Crippen molar-refractivity contribution < 1.29 is 22.8 Å². The van der Waals surface area contributed by atoms with Gasteiger partial charge in [-0.1, -0.05) is 6.07 Å². The Morgan fingerprint density at radius 2 is 1.56 bits per heavy atom. The third kappa shape index (κ3) is 3.47. The average molecular weight is 394 g/mol. The molecule has 0 radical (unpaired) electrons. The van der Waals surface area contributed by atoms with Crippen molar-refractivity contribution in [2.45, 2.75) is 18.7 Å². The Balaban J connectivity index is 1.65. The third-order valence-electron chi connectivity index (χ3n) is 5.04. The normalized spacial score (nSPS) is 20.0. The van der Waals surface area contributed by atoms with Gasteiger partial charge in [0.15, 0.2) is 0 Å². The monoisotopic (exact) mass is 394 g/mol. The van der Waals surface area contributed by atoms with Crippen molar-refractivity contribution in [1.29, 1.82) is 0 Å². The predicted octanol–water partition coefficient (Wildman–Crippen LogP) is -0.0122. The highest BCUT2D eigenvalue weighted by molar-refractivity contribution is 7.89. The fourth-order valence-corrected chi connectivity index (χ4v) is 4.58. The highest BCUT2D eigenvalue weighted by atomic mass is 32.2. The lowest BCUT2D eigenvalue weighted by atomic mass is 10.1. The second kappa shape index (κ2) is 7.02. The second-order valence-electron chi connectivity index (χ2n) is 6.79. The molecule has 0 N–H and O–H groups in total. The van der Waals surface area contributed by atoms with Crippen molar-refractivity contribution in [2.75, 3.05) is 39.9 Å².